The molecule has 0 radical (unpaired) electrons. The number of benzene rings is 1. The van der Waals surface area contributed by atoms with Crippen molar-refractivity contribution in [3.63, 3.8) is 0 Å². The highest BCUT2D eigenvalue weighted by Gasteiger charge is 2.36. The normalized spacial score (nSPS) is 11.9. The zero-order valence-electron chi connectivity index (χ0n) is 17.6. The Morgan fingerprint density at radius 1 is 1.12 bits per heavy atom. The fraction of sp³-hybridized carbons (Fsp3) is 0.333. The zero-order chi connectivity index (χ0) is 23.6. The van der Waals surface area contributed by atoms with E-state index in [1.54, 1.807) is 24.3 Å². The number of rotatable bonds is 8. The van der Waals surface area contributed by atoms with Crippen LogP contribution in [0.4, 0.5) is 13.2 Å². The van der Waals surface area contributed by atoms with Gasteiger partial charge in [-0.1, -0.05) is 37.1 Å². The summed E-state index contributed by atoms with van der Waals surface area (Å²) >= 11 is 6.41. The molecule has 0 bridgehead atoms. The number of halogens is 4. The van der Waals surface area contributed by atoms with E-state index in [-0.39, 0.29) is 18.1 Å². The van der Waals surface area contributed by atoms with Crippen molar-refractivity contribution in [1.29, 1.82) is 0 Å². The van der Waals surface area contributed by atoms with Gasteiger partial charge in [-0.2, -0.15) is 13.2 Å². The van der Waals surface area contributed by atoms with Gasteiger partial charge >= 0.3 is 6.18 Å². The van der Waals surface area contributed by atoms with Gasteiger partial charge < -0.3 is 14.2 Å². The third kappa shape index (κ3) is 4.64. The molecule has 12 heteroatoms. The van der Waals surface area contributed by atoms with E-state index in [1.807, 2.05) is 4.57 Å². The molecule has 0 saturated carbocycles. The summed E-state index contributed by atoms with van der Waals surface area (Å²) in [5, 5.41) is 23.0. The number of unbranched alkanes of at least 4 members (excludes halogenated alkanes) is 1. The number of aromatic nitrogens is 7. The molecule has 0 spiro atoms. The fourth-order valence-electron chi connectivity index (χ4n) is 3.64. The van der Waals surface area contributed by atoms with Crippen molar-refractivity contribution in [1.82, 2.24) is 34.7 Å². The Hall–Kier alpha value is -3.18. The summed E-state index contributed by atoms with van der Waals surface area (Å²) in [7, 11) is 0. The molecule has 33 heavy (non-hydrogen) atoms. The molecule has 4 rings (SSSR count). The van der Waals surface area contributed by atoms with Crippen LogP contribution in [0.15, 0.2) is 36.4 Å². The Bertz CT molecular complexity index is 1210. The van der Waals surface area contributed by atoms with Crippen molar-refractivity contribution in [3.05, 3.63) is 64.3 Å². The summed E-state index contributed by atoms with van der Waals surface area (Å²) in [6, 6.07) is 8.98. The smallest absolute Gasteiger partial charge is 0.390 e. The third-order valence-corrected chi connectivity index (χ3v) is 5.67. The Labute approximate surface area is 192 Å². The van der Waals surface area contributed by atoms with Crippen LogP contribution in [-0.4, -0.2) is 39.8 Å². The molecule has 3 heterocycles. The summed E-state index contributed by atoms with van der Waals surface area (Å²) in [6.07, 6.45) is -1.95. The van der Waals surface area contributed by atoms with Crippen LogP contribution in [0.5, 0.6) is 0 Å². The Kier molecular flexibility index (Phi) is 6.52. The minimum atomic E-state index is -4.57. The molecule has 0 unspecified atom stereocenters. The maximum atomic E-state index is 13.7. The first-order chi connectivity index (χ1) is 15.8. The molecular weight excluding hydrogens is 459 g/mol. The highest BCUT2D eigenvalue weighted by molar-refractivity contribution is 6.30. The highest BCUT2D eigenvalue weighted by Crippen LogP contribution is 2.35. The average Bonchev–Trinajstić information content (AvgIpc) is 3.52. The van der Waals surface area contributed by atoms with Gasteiger partial charge in [-0.3, -0.25) is 0 Å². The van der Waals surface area contributed by atoms with E-state index in [2.05, 4.69) is 32.5 Å². The quantitative estimate of drug-likeness (QED) is 0.390. The van der Waals surface area contributed by atoms with Crippen LogP contribution in [0.2, 0.25) is 5.15 Å². The lowest BCUT2D eigenvalue weighted by Gasteiger charge is -2.15. The van der Waals surface area contributed by atoms with Crippen LogP contribution in [0.1, 0.15) is 42.5 Å². The predicted molar refractivity (Wildman–Crippen MR) is 115 cm³/mol. The van der Waals surface area contributed by atoms with E-state index in [0.29, 0.717) is 29.5 Å². The Morgan fingerprint density at radius 3 is 2.48 bits per heavy atom. The summed E-state index contributed by atoms with van der Waals surface area (Å²) in [4.78, 5) is 4.43. The lowest BCUT2D eigenvalue weighted by Crippen LogP contribution is -2.13. The Balaban J connectivity index is 1.68. The number of nitrogens with one attached hydrogen (secondary N) is 1. The number of hydrogen-bond donors (Lipinski definition) is 2. The van der Waals surface area contributed by atoms with Gasteiger partial charge in [0.15, 0.2) is 5.82 Å². The second-order valence-corrected chi connectivity index (χ2v) is 7.82. The van der Waals surface area contributed by atoms with E-state index in [4.69, 9.17) is 11.6 Å². The molecule has 4 aromatic rings. The number of aliphatic hydroxyl groups is 1. The van der Waals surface area contributed by atoms with Gasteiger partial charge in [0, 0.05) is 12.1 Å². The van der Waals surface area contributed by atoms with Crippen molar-refractivity contribution in [3.8, 4) is 17.2 Å². The molecule has 2 N–H and O–H groups in total. The van der Waals surface area contributed by atoms with Crippen molar-refractivity contribution < 1.29 is 18.3 Å². The minimum Gasteiger partial charge on any atom is -0.390 e. The van der Waals surface area contributed by atoms with E-state index in [1.165, 1.54) is 6.07 Å². The molecule has 3 aromatic heterocycles. The SMILES string of the molecule is CCCCc1nc(CO)c(Cl)n1Cc1ccc(-n2c(-c3nnn[nH]3)ccc2C(F)(F)F)cc1. The second kappa shape index (κ2) is 9.36. The van der Waals surface area contributed by atoms with Crippen molar-refractivity contribution >= 4 is 11.6 Å². The second-order valence-electron chi connectivity index (χ2n) is 7.47. The van der Waals surface area contributed by atoms with Gasteiger partial charge in [-0.15, -0.1) is 5.10 Å². The third-order valence-electron chi connectivity index (χ3n) is 5.25. The number of alkyl halides is 3. The minimum absolute atomic E-state index is 0.122. The molecule has 0 aliphatic carbocycles. The molecule has 174 valence electrons. The molecule has 0 fully saturated rings. The lowest BCUT2D eigenvalue weighted by atomic mass is 10.2. The van der Waals surface area contributed by atoms with Gasteiger partial charge in [0.1, 0.15) is 22.4 Å². The molecule has 0 saturated heterocycles. The number of tetrazole rings is 1. The number of aliphatic hydroxyl groups excluding tert-OH is 1. The van der Waals surface area contributed by atoms with Gasteiger partial charge in [-0.05, 0) is 46.7 Å². The van der Waals surface area contributed by atoms with Gasteiger partial charge in [0.25, 0.3) is 0 Å². The maximum Gasteiger partial charge on any atom is 0.431 e. The summed E-state index contributed by atoms with van der Waals surface area (Å²) < 4.78 is 43.8. The van der Waals surface area contributed by atoms with Crippen LogP contribution >= 0.6 is 11.6 Å². The number of imidazole rings is 1. The van der Waals surface area contributed by atoms with E-state index in [0.717, 1.165) is 34.9 Å². The fourth-order valence-corrected chi connectivity index (χ4v) is 3.90. The van der Waals surface area contributed by atoms with Crippen molar-refractivity contribution in [2.45, 2.75) is 45.5 Å². The number of nitrogens with zero attached hydrogens (tertiary/aromatic N) is 6. The number of aryl methyl sites for hydroxylation is 1. The van der Waals surface area contributed by atoms with E-state index >= 15 is 0 Å². The first-order valence-corrected chi connectivity index (χ1v) is 10.7. The number of H-pyrrole nitrogens is 1. The number of hydrogen-bond acceptors (Lipinski definition) is 5. The molecule has 0 atom stereocenters. The van der Waals surface area contributed by atoms with Crippen LogP contribution in [-0.2, 0) is 25.7 Å². The van der Waals surface area contributed by atoms with Gasteiger partial charge in [-0.25, -0.2) is 10.1 Å². The lowest BCUT2D eigenvalue weighted by molar-refractivity contribution is -0.142. The van der Waals surface area contributed by atoms with Gasteiger partial charge in [0.05, 0.1) is 18.8 Å². The molecule has 1 aromatic carbocycles. The Morgan fingerprint density at radius 2 is 1.88 bits per heavy atom. The van der Waals surface area contributed by atoms with Crippen molar-refractivity contribution in [2.75, 3.05) is 0 Å². The zero-order valence-corrected chi connectivity index (χ0v) is 18.4. The first-order valence-electron chi connectivity index (χ1n) is 10.3. The van der Waals surface area contributed by atoms with E-state index in [9.17, 15) is 18.3 Å². The standard InChI is InChI=1S/C21H21ClF3N7O/c1-2-3-4-18-26-15(12-33)19(22)31(18)11-13-5-7-14(8-6-13)32-16(20-27-29-30-28-20)9-10-17(32)21(23,24)25/h5-10,33H,2-4,11-12H2,1H3,(H,27,28,29,30). The maximum absolute atomic E-state index is 13.7. The van der Waals surface area contributed by atoms with Crippen LogP contribution in [0.25, 0.3) is 17.2 Å². The highest BCUT2D eigenvalue weighted by atomic mass is 35.5. The molecule has 0 aliphatic heterocycles. The number of aromatic amines is 1. The first kappa shape index (κ1) is 23.0. The topological polar surface area (TPSA) is 97.4 Å². The monoisotopic (exact) mass is 479 g/mol. The van der Waals surface area contributed by atoms with E-state index < -0.39 is 11.9 Å². The molecule has 0 aliphatic rings. The average molecular weight is 480 g/mol. The van der Waals surface area contributed by atoms with Crippen LogP contribution < -0.4 is 0 Å². The predicted octanol–water partition coefficient (Wildman–Crippen LogP) is 4.41. The summed E-state index contributed by atoms with van der Waals surface area (Å²) in [5.74, 6) is 0.886. The molecule has 0 amide bonds. The molecular formula is C21H21ClF3N7O. The molecule has 8 nitrogen and oxygen atoms in total. The largest absolute Gasteiger partial charge is 0.431 e. The van der Waals surface area contributed by atoms with Gasteiger partial charge in [0.2, 0.25) is 0 Å². The summed E-state index contributed by atoms with van der Waals surface area (Å²) in [5.41, 5.74) is 0.887. The van der Waals surface area contributed by atoms with Crippen molar-refractivity contribution in [2.24, 2.45) is 0 Å². The van der Waals surface area contributed by atoms with Crippen LogP contribution in [0, 0.1) is 0 Å². The summed E-state index contributed by atoms with van der Waals surface area (Å²) in [6.45, 7) is 2.18. The van der Waals surface area contributed by atoms with Crippen LogP contribution in [0.3, 0.4) is 0 Å².